The lowest BCUT2D eigenvalue weighted by molar-refractivity contribution is 0.262. The fourth-order valence-electron chi connectivity index (χ4n) is 1.06. The summed E-state index contributed by atoms with van der Waals surface area (Å²) in [5.74, 6) is 0.380. The van der Waals surface area contributed by atoms with E-state index in [9.17, 15) is 4.79 Å². The number of nitrogens with zero attached hydrogens (tertiary/aromatic N) is 4. The SMILES string of the molecule is CCc1nnc(NC(=O)Nc2cnccn2)s1. The van der Waals surface area contributed by atoms with Crippen LogP contribution in [0.5, 0.6) is 0 Å². The summed E-state index contributed by atoms with van der Waals surface area (Å²) in [6.07, 6.45) is 5.28. The van der Waals surface area contributed by atoms with Gasteiger partial charge in [0.15, 0.2) is 5.82 Å². The van der Waals surface area contributed by atoms with Crippen LogP contribution in [0.2, 0.25) is 0 Å². The molecular formula is C9H10N6OS. The number of aromatic nitrogens is 4. The minimum atomic E-state index is -0.413. The molecule has 0 aromatic carbocycles. The molecule has 2 amide bonds. The van der Waals surface area contributed by atoms with Gasteiger partial charge in [-0.1, -0.05) is 18.3 Å². The Kier molecular flexibility index (Phi) is 3.55. The zero-order chi connectivity index (χ0) is 12.1. The summed E-state index contributed by atoms with van der Waals surface area (Å²) in [6, 6.07) is -0.413. The highest BCUT2D eigenvalue weighted by Gasteiger charge is 2.07. The van der Waals surface area contributed by atoms with Crippen molar-refractivity contribution in [2.24, 2.45) is 0 Å². The Morgan fingerprint density at radius 2 is 2.24 bits per heavy atom. The molecule has 0 unspecified atom stereocenters. The summed E-state index contributed by atoms with van der Waals surface area (Å²) >= 11 is 1.34. The number of rotatable bonds is 3. The molecule has 0 aliphatic rings. The third-order valence-electron chi connectivity index (χ3n) is 1.79. The standard InChI is InChI=1S/C9H10N6OS/c1-2-7-14-15-9(17-7)13-8(16)12-6-5-10-3-4-11-6/h3-5H,2H2,1H3,(H2,11,12,13,15,16). The van der Waals surface area contributed by atoms with Crippen LogP contribution in [0.3, 0.4) is 0 Å². The highest BCUT2D eigenvalue weighted by atomic mass is 32.1. The normalized spacial score (nSPS) is 9.94. The first-order valence-electron chi connectivity index (χ1n) is 4.94. The number of hydrogen-bond acceptors (Lipinski definition) is 6. The molecule has 2 aromatic rings. The second-order valence-corrected chi connectivity index (χ2v) is 4.09. The predicted octanol–water partition coefficient (Wildman–Crippen LogP) is 1.53. The summed E-state index contributed by atoms with van der Waals surface area (Å²) in [5, 5.41) is 14.2. The van der Waals surface area contributed by atoms with Gasteiger partial charge in [-0.15, -0.1) is 10.2 Å². The Bertz CT molecular complexity index is 499. The summed E-state index contributed by atoms with van der Waals surface area (Å²) in [6.45, 7) is 1.98. The fourth-order valence-corrected chi connectivity index (χ4v) is 1.73. The number of anilines is 2. The molecule has 0 fully saturated rings. The highest BCUT2D eigenvalue weighted by Crippen LogP contribution is 2.15. The zero-order valence-electron chi connectivity index (χ0n) is 9.04. The second kappa shape index (κ2) is 5.30. The molecule has 2 rings (SSSR count). The van der Waals surface area contributed by atoms with Crippen molar-refractivity contribution in [1.29, 1.82) is 0 Å². The lowest BCUT2D eigenvalue weighted by Gasteiger charge is -2.02. The van der Waals surface area contributed by atoms with Crippen LogP contribution in [0, 0.1) is 0 Å². The van der Waals surface area contributed by atoms with Crippen LogP contribution in [-0.4, -0.2) is 26.2 Å². The first-order chi connectivity index (χ1) is 8.28. The van der Waals surface area contributed by atoms with Crippen LogP contribution in [0.4, 0.5) is 15.7 Å². The van der Waals surface area contributed by atoms with E-state index in [2.05, 4.69) is 30.8 Å². The zero-order valence-corrected chi connectivity index (χ0v) is 9.86. The third kappa shape index (κ3) is 3.18. The second-order valence-electron chi connectivity index (χ2n) is 3.02. The number of hydrogen-bond donors (Lipinski definition) is 2. The molecule has 0 saturated carbocycles. The number of amides is 2. The van der Waals surface area contributed by atoms with Crippen LogP contribution in [-0.2, 0) is 6.42 Å². The van der Waals surface area contributed by atoms with Gasteiger partial charge in [0.25, 0.3) is 0 Å². The van der Waals surface area contributed by atoms with Crippen molar-refractivity contribution in [3.63, 3.8) is 0 Å². The molecule has 2 aromatic heterocycles. The summed E-state index contributed by atoms with van der Waals surface area (Å²) < 4.78 is 0. The molecule has 8 heteroatoms. The first kappa shape index (κ1) is 11.4. The number of aryl methyl sites for hydroxylation is 1. The van der Waals surface area contributed by atoms with Crippen molar-refractivity contribution >= 4 is 28.3 Å². The van der Waals surface area contributed by atoms with Crippen molar-refractivity contribution in [1.82, 2.24) is 20.2 Å². The lowest BCUT2D eigenvalue weighted by atomic mass is 10.5. The maximum Gasteiger partial charge on any atom is 0.326 e. The number of carbonyl (C=O) groups is 1. The quantitative estimate of drug-likeness (QED) is 0.861. The first-order valence-corrected chi connectivity index (χ1v) is 5.76. The monoisotopic (exact) mass is 250 g/mol. The van der Waals surface area contributed by atoms with Gasteiger partial charge in [-0.05, 0) is 6.42 Å². The van der Waals surface area contributed by atoms with Crippen molar-refractivity contribution in [3.05, 3.63) is 23.6 Å². The van der Waals surface area contributed by atoms with E-state index in [1.807, 2.05) is 6.92 Å². The van der Waals surface area contributed by atoms with Crippen LogP contribution < -0.4 is 10.6 Å². The molecule has 0 radical (unpaired) electrons. The molecule has 7 nitrogen and oxygen atoms in total. The topological polar surface area (TPSA) is 92.7 Å². The van der Waals surface area contributed by atoms with Gasteiger partial charge in [-0.2, -0.15) is 0 Å². The van der Waals surface area contributed by atoms with Gasteiger partial charge >= 0.3 is 6.03 Å². The van der Waals surface area contributed by atoms with E-state index in [1.165, 1.54) is 29.9 Å². The number of carbonyl (C=O) groups excluding carboxylic acids is 1. The molecular weight excluding hydrogens is 240 g/mol. The smallest absolute Gasteiger partial charge is 0.291 e. The van der Waals surface area contributed by atoms with E-state index in [4.69, 9.17) is 0 Å². The van der Waals surface area contributed by atoms with Gasteiger partial charge in [0.05, 0.1) is 6.20 Å². The number of urea groups is 1. The molecule has 0 aliphatic heterocycles. The fraction of sp³-hybridized carbons (Fsp3) is 0.222. The summed E-state index contributed by atoms with van der Waals surface area (Å²) in [7, 11) is 0. The number of nitrogens with one attached hydrogen (secondary N) is 2. The molecule has 0 spiro atoms. The van der Waals surface area contributed by atoms with Crippen LogP contribution in [0.1, 0.15) is 11.9 Å². The van der Waals surface area contributed by atoms with Crippen LogP contribution in [0.25, 0.3) is 0 Å². The van der Waals surface area contributed by atoms with E-state index < -0.39 is 6.03 Å². The largest absolute Gasteiger partial charge is 0.326 e. The molecule has 0 saturated heterocycles. The molecule has 17 heavy (non-hydrogen) atoms. The Morgan fingerprint density at radius 3 is 2.88 bits per heavy atom. The minimum absolute atomic E-state index is 0.380. The molecule has 88 valence electrons. The van der Waals surface area contributed by atoms with Crippen LogP contribution >= 0.6 is 11.3 Å². The maximum atomic E-state index is 11.5. The molecule has 2 N–H and O–H groups in total. The van der Waals surface area contributed by atoms with E-state index in [0.29, 0.717) is 10.9 Å². The Morgan fingerprint density at radius 1 is 1.35 bits per heavy atom. The average molecular weight is 250 g/mol. The van der Waals surface area contributed by atoms with Crippen LogP contribution in [0.15, 0.2) is 18.6 Å². The summed E-state index contributed by atoms with van der Waals surface area (Å²) in [4.78, 5) is 19.3. The van der Waals surface area contributed by atoms with Gasteiger partial charge in [0.2, 0.25) is 5.13 Å². The molecule has 0 bridgehead atoms. The van der Waals surface area contributed by atoms with Crippen molar-refractivity contribution in [2.75, 3.05) is 10.6 Å². The molecule has 0 atom stereocenters. The van der Waals surface area contributed by atoms with E-state index >= 15 is 0 Å². The lowest BCUT2D eigenvalue weighted by Crippen LogP contribution is -2.20. The van der Waals surface area contributed by atoms with Gasteiger partial charge in [0, 0.05) is 12.4 Å². The maximum absolute atomic E-state index is 11.5. The summed E-state index contributed by atoms with van der Waals surface area (Å²) in [5.41, 5.74) is 0. The average Bonchev–Trinajstić information content (AvgIpc) is 2.78. The van der Waals surface area contributed by atoms with Gasteiger partial charge in [-0.3, -0.25) is 15.6 Å². The Balaban J connectivity index is 1.93. The van der Waals surface area contributed by atoms with Gasteiger partial charge in [-0.25, -0.2) is 9.78 Å². The minimum Gasteiger partial charge on any atom is -0.291 e. The van der Waals surface area contributed by atoms with E-state index in [1.54, 1.807) is 0 Å². The van der Waals surface area contributed by atoms with Gasteiger partial charge < -0.3 is 0 Å². The van der Waals surface area contributed by atoms with Crippen molar-refractivity contribution < 1.29 is 4.79 Å². The van der Waals surface area contributed by atoms with Crippen molar-refractivity contribution in [2.45, 2.75) is 13.3 Å². The van der Waals surface area contributed by atoms with Crippen molar-refractivity contribution in [3.8, 4) is 0 Å². The molecule has 2 heterocycles. The Hall–Kier alpha value is -2.09. The third-order valence-corrected chi connectivity index (χ3v) is 2.78. The van der Waals surface area contributed by atoms with E-state index in [-0.39, 0.29) is 0 Å². The van der Waals surface area contributed by atoms with E-state index in [0.717, 1.165) is 11.4 Å². The highest BCUT2D eigenvalue weighted by molar-refractivity contribution is 7.15. The van der Waals surface area contributed by atoms with Gasteiger partial charge in [0.1, 0.15) is 5.01 Å². The molecule has 0 aliphatic carbocycles. The Labute approximate surface area is 101 Å². The predicted molar refractivity (Wildman–Crippen MR) is 64.0 cm³/mol.